The van der Waals surface area contributed by atoms with Gasteiger partial charge in [0.25, 0.3) is 0 Å². The topological polar surface area (TPSA) is 109 Å². The van der Waals surface area contributed by atoms with E-state index in [0.29, 0.717) is 53.4 Å². The number of rotatable bonds is 6. The fourth-order valence-electron chi connectivity index (χ4n) is 16.3. The van der Waals surface area contributed by atoms with E-state index in [2.05, 4.69) is 60.6 Å². The highest BCUT2D eigenvalue weighted by Crippen LogP contribution is 2.59. The summed E-state index contributed by atoms with van der Waals surface area (Å²) in [6, 6.07) is 19.4. The van der Waals surface area contributed by atoms with Crippen molar-refractivity contribution >= 4 is 0 Å². The third-order valence-electron chi connectivity index (χ3n) is 20.9. The first-order valence-electron chi connectivity index (χ1n) is 27.4. The summed E-state index contributed by atoms with van der Waals surface area (Å²) in [5.41, 5.74) is 7.91. The average molecular weight is 930 g/mol. The van der Waals surface area contributed by atoms with Crippen molar-refractivity contribution < 1.29 is 29.9 Å². The van der Waals surface area contributed by atoms with E-state index in [-0.39, 0.29) is 22.3 Å². The maximum atomic E-state index is 11.9. The Hall–Kier alpha value is -3.18. The smallest absolute Gasteiger partial charge is 0.115 e. The molecule has 6 bridgehead atoms. The lowest BCUT2D eigenvalue weighted by Crippen LogP contribution is -2.72. The van der Waals surface area contributed by atoms with Gasteiger partial charge in [0.15, 0.2) is 0 Å². The van der Waals surface area contributed by atoms with Crippen molar-refractivity contribution in [1.82, 2.24) is 14.7 Å². The van der Waals surface area contributed by atoms with Crippen LogP contribution in [0.25, 0.3) is 0 Å². The molecule has 3 aromatic rings. The first kappa shape index (κ1) is 47.2. The van der Waals surface area contributed by atoms with Gasteiger partial charge in [-0.3, -0.25) is 14.7 Å². The average Bonchev–Trinajstić information content (AvgIpc) is 4.04. The van der Waals surface area contributed by atoms with Gasteiger partial charge in [-0.25, -0.2) is 0 Å². The summed E-state index contributed by atoms with van der Waals surface area (Å²) in [7, 11) is 0. The summed E-state index contributed by atoms with van der Waals surface area (Å²) in [5, 5.41) is 41.8. The number of hydrogen-bond acceptors (Lipinski definition) is 9. The standard InChI is InChI=1S/C21H29NO2.2C19H27NO2/c23-17-7-6-16-12-19-21(24)9-2-1-8-20(21,18(16)13-17)10-11-22(19)14-15-4-3-5-15;2*1-13-18-10-14-5-6-15(21)11-17(14)19(13,2)7-8-20(18)12-16-4-3-9-22-16/h6-7,13,15,19,23-24H,1-5,8-12,14H2;2*5-6,11,13,16,18,21H,3-4,7-10,12H2,1-2H3/t19-,20+,21-;13-,16+,18+,19-;13-,16-,18+,19-/m100/s1. The van der Waals surface area contributed by atoms with Gasteiger partial charge < -0.3 is 29.9 Å². The van der Waals surface area contributed by atoms with Gasteiger partial charge in [-0.15, -0.1) is 0 Å². The minimum absolute atomic E-state index is 0.127. The summed E-state index contributed by atoms with van der Waals surface area (Å²) in [5.74, 6) is 3.27. The minimum atomic E-state index is -0.603. The van der Waals surface area contributed by atoms with Gasteiger partial charge >= 0.3 is 0 Å². The molecule has 9 nitrogen and oxygen atoms in total. The normalized spacial score (nSPS) is 38.3. The molecule has 5 aliphatic heterocycles. The van der Waals surface area contributed by atoms with Gasteiger partial charge in [-0.05, 0) is 208 Å². The van der Waals surface area contributed by atoms with Crippen LogP contribution in [0.1, 0.15) is 151 Å². The number of phenols is 3. The molecule has 0 unspecified atom stereocenters. The molecule has 5 heterocycles. The second kappa shape index (κ2) is 18.5. The maximum absolute atomic E-state index is 11.9. The Morgan fingerprint density at radius 2 is 1.01 bits per heavy atom. The fourth-order valence-corrected chi connectivity index (χ4v) is 16.3. The second-order valence-corrected chi connectivity index (χ2v) is 24.2. The zero-order valence-electron chi connectivity index (χ0n) is 41.9. The third kappa shape index (κ3) is 8.13. The first-order chi connectivity index (χ1) is 32.8. The van der Waals surface area contributed by atoms with Crippen LogP contribution in [0, 0.1) is 17.8 Å². The number of hydrogen-bond donors (Lipinski definition) is 4. The number of piperidine rings is 3. The summed E-state index contributed by atoms with van der Waals surface area (Å²) < 4.78 is 11.7. The fraction of sp³-hybridized carbons (Fsp3) is 0.695. The van der Waals surface area contributed by atoms with Crippen molar-refractivity contribution in [3.05, 3.63) is 88.0 Å². The van der Waals surface area contributed by atoms with E-state index in [9.17, 15) is 20.4 Å². The van der Waals surface area contributed by atoms with Crippen molar-refractivity contribution in [2.45, 2.75) is 189 Å². The van der Waals surface area contributed by atoms with Gasteiger partial charge in [0.2, 0.25) is 0 Å². The van der Waals surface area contributed by atoms with Crippen LogP contribution in [0.2, 0.25) is 0 Å². The molecular weight excluding hydrogens is 847 g/mol. The van der Waals surface area contributed by atoms with E-state index in [0.717, 1.165) is 96.8 Å². The van der Waals surface area contributed by atoms with Crippen LogP contribution in [-0.2, 0) is 45.0 Å². The molecule has 68 heavy (non-hydrogen) atoms. The van der Waals surface area contributed by atoms with Crippen molar-refractivity contribution in [3.8, 4) is 17.2 Å². The molecule has 5 aliphatic carbocycles. The van der Waals surface area contributed by atoms with Crippen LogP contribution >= 0.6 is 0 Å². The van der Waals surface area contributed by atoms with E-state index in [4.69, 9.17) is 9.47 Å². The quantitative estimate of drug-likeness (QED) is 0.192. The number of nitrogens with zero attached hydrogens (tertiary/aromatic N) is 3. The Kier molecular flexibility index (Phi) is 12.8. The highest BCUT2D eigenvalue weighted by atomic mass is 16.5. The molecule has 3 aromatic carbocycles. The largest absolute Gasteiger partial charge is 0.508 e. The monoisotopic (exact) mass is 930 g/mol. The molecule has 0 aromatic heterocycles. The number of ether oxygens (including phenoxy) is 2. The van der Waals surface area contributed by atoms with Crippen molar-refractivity contribution in [2.24, 2.45) is 17.8 Å². The summed E-state index contributed by atoms with van der Waals surface area (Å²) in [6.07, 6.45) is 20.8. The minimum Gasteiger partial charge on any atom is -0.508 e. The summed E-state index contributed by atoms with van der Waals surface area (Å²) in [6.45, 7) is 18.3. The van der Waals surface area contributed by atoms with E-state index in [1.807, 2.05) is 36.4 Å². The van der Waals surface area contributed by atoms with E-state index >= 15 is 0 Å². The van der Waals surface area contributed by atoms with Gasteiger partial charge in [0.05, 0.1) is 17.8 Å². The van der Waals surface area contributed by atoms with Crippen LogP contribution in [-0.4, -0.2) is 124 Å². The summed E-state index contributed by atoms with van der Waals surface area (Å²) >= 11 is 0. The maximum Gasteiger partial charge on any atom is 0.115 e. The molecule has 9 heteroatoms. The van der Waals surface area contributed by atoms with E-state index in [1.54, 1.807) is 0 Å². The number of phenolic OH excluding ortho intramolecular Hbond substituents is 3. The molecule has 0 radical (unpaired) electrons. The Balaban J connectivity index is 0.000000112. The molecule has 13 rings (SSSR count). The lowest BCUT2D eigenvalue weighted by molar-refractivity contribution is -0.169. The van der Waals surface area contributed by atoms with Crippen molar-refractivity contribution in [1.29, 1.82) is 0 Å². The van der Waals surface area contributed by atoms with Crippen molar-refractivity contribution in [2.75, 3.05) is 52.5 Å². The number of aliphatic hydroxyl groups is 1. The van der Waals surface area contributed by atoms with Gasteiger partial charge in [0.1, 0.15) is 17.2 Å². The molecule has 2 saturated carbocycles. The lowest BCUT2D eigenvalue weighted by Gasteiger charge is -2.64. The number of aromatic hydroxyl groups is 3. The number of benzene rings is 3. The Morgan fingerprint density at radius 3 is 1.50 bits per heavy atom. The van der Waals surface area contributed by atoms with Crippen LogP contribution in [0.5, 0.6) is 17.2 Å². The van der Waals surface area contributed by atoms with Gasteiger partial charge in [0, 0.05) is 56.4 Å². The van der Waals surface area contributed by atoms with Crippen molar-refractivity contribution in [3.63, 3.8) is 0 Å². The molecular formula is C59H83N3O6. The molecule has 0 amide bonds. The van der Waals surface area contributed by atoms with Crippen LogP contribution < -0.4 is 0 Å². The van der Waals surface area contributed by atoms with Gasteiger partial charge in [-0.2, -0.15) is 0 Å². The molecule has 7 fully saturated rings. The SMILES string of the molecule is C[C@H]1[C@H]2Cc3ccc(O)cc3[C@@]1(C)CCN2C[C@@H]1CCCO1.C[C@H]1[C@H]2Cc3ccc(O)cc3[C@@]1(C)CCN2C[C@H]1CCCO1.Oc1ccc2c(c1)[C@@]13CCCC[C@@]1(O)[C@@H](C2)N(CC1CCC1)CC3. The molecule has 10 aliphatic rings. The number of likely N-dealkylation sites (tertiary alicyclic amines) is 3. The molecule has 11 atom stereocenters. The molecule has 4 N–H and O–H groups in total. The zero-order valence-corrected chi connectivity index (χ0v) is 41.9. The predicted octanol–water partition coefficient (Wildman–Crippen LogP) is 9.56. The Morgan fingerprint density at radius 1 is 0.529 bits per heavy atom. The predicted molar refractivity (Wildman–Crippen MR) is 269 cm³/mol. The van der Waals surface area contributed by atoms with Crippen LogP contribution in [0.4, 0.5) is 0 Å². The first-order valence-corrected chi connectivity index (χ1v) is 27.4. The van der Waals surface area contributed by atoms with E-state index < -0.39 is 5.60 Å². The Bertz CT molecular complexity index is 2190. The second-order valence-electron chi connectivity index (χ2n) is 24.2. The van der Waals surface area contributed by atoms with E-state index in [1.165, 1.54) is 104 Å². The third-order valence-corrected chi connectivity index (χ3v) is 20.9. The summed E-state index contributed by atoms with van der Waals surface area (Å²) in [4.78, 5) is 7.99. The molecule has 5 saturated heterocycles. The number of fused-ring (bicyclic) bond motifs is 9. The highest BCUT2D eigenvalue weighted by Gasteiger charge is 2.63. The Labute approximate surface area is 407 Å². The lowest BCUT2D eigenvalue weighted by atomic mass is 9.49. The zero-order chi connectivity index (χ0) is 47.0. The molecule has 370 valence electrons. The molecule has 0 spiro atoms. The van der Waals surface area contributed by atoms with Gasteiger partial charge in [-0.1, -0.05) is 65.2 Å². The van der Waals surface area contributed by atoms with Crippen LogP contribution in [0.3, 0.4) is 0 Å². The highest BCUT2D eigenvalue weighted by molar-refractivity contribution is 5.49. The van der Waals surface area contributed by atoms with Crippen LogP contribution in [0.15, 0.2) is 54.6 Å².